The average molecular weight is 514 g/mol. The summed E-state index contributed by atoms with van der Waals surface area (Å²) in [6.45, 7) is 0. The maximum atomic E-state index is 14.1. The topological polar surface area (TPSA) is 102 Å². The van der Waals surface area contributed by atoms with Gasteiger partial charge in [-0.3, -0.25) is 4.79 Å². The van der Waals surface area contributed by atoms with Crippen LogP contribution < -0.4 is 25.4 Å². The van der Waals surface area contributed by atoms with Crippen LogP contribution >= 0.6 is 0 Å². The third-order valence-corrected chi connectivity index (χ3v) is 6.50. The molecule has 37 heavy (non-hydrogen) atoms. The molecule has 0 bridgehead atoms. The number of urea groups is 1. The molecule has 2 aliphatic heterocycles. The van der Waals surface area contributed by atoms with E-state index in [1.165, 1.54) is 0 Å². The van der Waals surface area contributed by atoms with Gasteiger partial charge in [-0.15, -0.1) is 0 Å². The number of pyridine rings is 1. The van der Waals surface area contributed by atoms with Crippen LogP contribution in [-0.2, 0) is 17.4 Å². The molecule has 1 aromatic heterocycles. The van der Waals surface area contributed by atoms with E-state index in [0.717, 1.165) is 17.2 Å². The molecule has 3 N–H and O–H groups in total. The molecule has 1 saturated carbocycles. The van der Waals surface area contributed by atoms with Crippen LogP contribution in [0.15, 0.2) is 48.7 Å². The predicted octanol–water partition coefficient (Wildman–Crippen LogP) is 4.97. The zero-order valence-corrected chi connectivity index (χ0v) is 18.9. The summed E-state index contributed by atoms with van der Waals surface area (Å²) in [7, 11) is 0. The molecule has 6 rings (SSSR count). The van der Waals surface area contributed by atoms with Crippen molar-refractivity contribution in [2.75, 3.05) is 10.6 Å². The molecule has 0 spiro atoms. The van der Waals surface area contributed by atoms with E-state index in [2.05, 4.69) is 20.9 Å². The lowest BCUT2D eigenvalue weighted by Crippen LogP contribution is -2.34. The van der Waals surface area contributed by atoms with Gasteiger partial charge in [0.05, 0.1) is 23.2 Å². The third kappa shape index (κ3) is 4.28. The fourth-order valence-electron chi connectivity index (χ4n) is 4.66. The number of amides is 3. The summed E-state index contributed by atoms with van der Waals surface area (Å²) >= 11 is 0. The van der Waals surface area contributed by atoms with Crippen LogP contribution in [0.1, 0.15) is 29.0 Å². The van der Waals surface area contributed by atoms with Crippen molar-refractivity contribution < 1.29 is 36.6 Å². The van der Waals surface area contributed by atoms with Crippen molar-refractivity contribution >= 4 is 23.4 Å². The SMILES string of the molecule is O=C1CCc2c(Oc3ccc4c(c3)[C@H]3[C@@H](NC(=O)Nc5ccc(C(F)(F)F)cc5F)[C@H]3O4)ccnc2N1. The highest BCUT2D eigenvalue weighted by molar-refractivity contribution is 5.93. The Balaban J connectivity index is 1.12. The van der Waals surface area contributed by atoms with Gasteiger partial charge in [0.25, 0.3) is 0 Å². The predicted molar refractivity (Wildman–Crippen MR) is 122 cm³/mol. The second-order valence-corrected chi connectivity index (χ2v) is 8.91. The molecule has 1 fully saturated rings. The normalized spacial score (nSPS) is 21.1. The largest absolute Gasteiger partial charge is 0.487 e. The molecular formula is C25H18F4N4O4. The zero-order valence-electron chi connectivity index (χ0n) is 18.9. The number of nitrogens with zero attached hydrogens (tertiary/aromatic N) is 1. The molecule has 3 amide bonds. The van der Waals surface area contributed by atoms with E-state index in [-0.39, 0.29) is 23.6 Å². The van der Waals surface area contributed by atoms with Gasteiger partial charge in [0, 0.05) is 23.7 Å². The number of hydrogen-bond acceptors (Lipinski definition) is 5. The lowest BCUT2D eigenvalue weighted by Gasteiger charge is -2.19. The maximum absolute atomic E-state index is 14.1. The highest BCUT2D eigenvalue weighted by Crippen LogP contribution is 2.54. The Bertz CT molecular complexity index is 1440. The molecule has 8 nitrogen and oxygen atoms in total. The highest BCUT2D eigenvalue weighted by Gasteiger charge is 2.59. The smallest absolute Gasteiger partial charge is 0.416 e. The molecule has 190 valence electrons. The minimum absolute atomic E-state index is 0.102. The van der Waals surface area contributed by atoms with Gasteiger partial charge in [-0.1, -0.05) is 0 Å². The molecule has 0 unspecified atom stereocenters. The minimum Gasteiger partial charge on any atom is -0.487 e. The van der Waals surface area contributed by atoms with Crippen LogP contribution in [0.4, 0.5) is 33.9 Å². The Morgan fingerprint density at radius 3 is 2.76 bits per heavy atom. The monoisotopic (exact) mass is 514 g/mol. The van der Waals surface area contributed by atoms with Crippen LogP contribution in [0.3, 0.4) is 0 Å². The standard InChI is InChI=1S/C25H18F4N4O4/c26-15-9-11(25(27,28)29)1-4-16(15)31-24(35)33-21-20-14-10-12(2-5-17(14)37-22(20)21)36-18-7-8-30-23-13(18)3-6-19(34)32-23/h1-2,4-5,7-10,20-22H,3,6H2,(H,30,32,34)(H2,31,33,35)/t20-,21+,22-/m0/s1. The fraction of sp³-hybridized carbons (Fsp3) is 0.240. The van der Waals surface area contributed by atoms with Crippen molar-refractivity contribution in [3.8, 4) is 17.2 Å². The molecule has 3 atom stereocenters. The number of nitrogens with one attached hydrogen (secondary N) is 3. The Morgan fingerprint density at radius 1 is 1.14 bits per heavy atom. The van der Waals surface area contributed by atoms with Crippen LogP contribution in [-0.4, -0.2) is 29.1 Å². The number of anilines is 2. The molecule has 1 aliphatic carbocycles. The number of benzene rings is 2. The van der Waals surface area contributed by atoms with Gasteiger partial charge < -0.3 is 25.4 Å². The second-order valence-electron chi connectivity index (χ2n) is 8.91. The number of carbonyl (C=O) groups is 2. The number of hydrogen-bond donors (Lipinski definition) is 3. The zero-order chi connectivity index (χ0) is 25.9. The molecule has 3 aliphatic rings. The molecule has 3 aromatic rings. The van der Waals surface area contributed by atoms with Crippen molar-refractivity contribution in [1.29, 1.82) is 0 Å². The molecular weight excluding hydrogens is 496 g/mol. The van der Waals surface area contributed by atoms with Crippen molar-refractivity contribution in [2.24, 2.45) is 0 Å². The van der Waals surface area contributed by atoms with E-state index >= 15 is 0 Å². The molecule has 2 aromatic carbocycles. The summed E-state index contributed by atoms with van der Waals surface area (Å²) in [5.41, 5.74) is 0.109. The molecule has 0 saturated heterocycles. The molecule has 12 heteroatoms. The Kier molecular flexibility index (Phi) is 5.21. The van der Waals surface area contributed by atoms with Crippen molar-refractivity contribution in [3.05, 3.63) is 71.2 Å². The van der Waals surface area contributed by atoms with Crippen molar-refractivity contribution in [2.45, 2.75) is 37.1 Å². The van der Waals surface area contributed by atoms with Gasteiger partial charge in [0.1, 0.15) is 35.0 Å². The Labute approximate surface area is 207 Å². The first-order chi connectivity index (χ1) is 17.7. The second kappa shape index (κ2) is 8.36. The first-order valence-corrected chi connectivity index (χ1v) is 11.4. The lowest BCUT2D eigenvalue weighted by atomic mass is 10.1. The lowest BCUT2D eigenvalue weighted by molar-refractivity contribution is -0.137. The quantitative estimate of drug-likeness (QED) is 0.427. The summed E-state index contributed by atoms with van der Waals surface area (Å²) in [5, 5.41) is 7.65. The Hall–Kier alpha value is -4.35. The molecule has 3 heterocycles. The summed E-state index contributed by atoms with van der Waals surface area (Å²) in [4.78, 5) is 28.2. The van der Waals surface area contributed by atoms with E-state index in [9.17, 15) is 27.2 Å². The van der Waals surface area contributed by atoms with E-state index < -0.39 is 29.6 Å². The number of rotatable bonds is 4. The Morgan fingerprint density at radius 2 is 1.97 bits per heavy atom. The van der Waals surface area contributed by atoms with Gasteiger partial charge in [-0.05, 0) is 48.9 Å². The number of fused-ring (bicyclic) bond motifs is 4. The first-order valence-electron chi connectivity index (χ1n) is 11.4. The van der Waals surface area contributed by atoms with E-state index in [0.29, 0.717) is 48.0 Å². The summed E-state index contributed by atoms with van der Waals surface area (Å²) in [6, 6.07) is 7.77. The number of alkyl halides is 3. The van der Waals surface area contributed by atoms with Crippen LogP contribution in [0.5, 0.6) is 17.2 Å². The fourth-order valence-corrected chi connectivity index (χ4v) is 4.66. The van der Waals surface area contributed by atoms with Gasteiger partial charge in [-0.25, -0.2) is 14.2 Å². The maximum Gasteiger partial charge on any atom is 0.416 e. The van der Waals surface area contributed by atoms with Gasteiger partial charge in [0.15, 0.2) is 0 Å². The van der Waals surface area contributed by atoms with Crippen LogP contribution in [0.25, 0.3) is 0 Å². The van der Waals surface area contributed by atoms with Crippen LogP contribution in [0, 0.1) is 5.82 Å². The first kappa shape index (κ1) is 23.1. The van der Waals surface area contributed by atoms with E-state index in [1.54, 1.807) is 24.4 Å². The van der Waals surface area contributed by atoms with Crippen molar-refractivity contribution in [1.82, 2.24) is 10.3 Å². The number of ether oxygens (including phenoxy) is 2. The summed E-state index contributed by atoms with van der Waals surface area (Å²) < 4.78 is 64.2. The minimum atomic E-state index is -4.69. The van der Waals surface area contributed by atoms with Gasteiger partial charge in [0.2, 0.25) is 5.91 Å². The van der Waals surface area contributed by atoms with E-state index in [4.69, 9.17) is 9.47 Å². The van der Waals surface area contributed by atoms with Gasteiger partial charge in [-0.2, -0.15) is 13.2 Å². The summed E-state index contributed by atoms with van der Waals surface area (Å²) in [6.07, 6.45) is -2.62. The number of carbonyl (C=O) groups excluding carboxylic acids is 2. The van der Waals surface area contributed by atoms with E-state index in [1.807, 2.05) is 6.07 Å². The highest BCUT2D eigenvalue weighted by atomic mass is 19.4. The number of halogens is 4. The van der Waals surface area contributed by atoms with Crippen molar-refractivity contribution in [3.63, 3.8) is 0 Å². The molecule has 0 radical (unpaired) electrons. The van der Waals surface area contributed by atoms with Gasteiger partial charge >= 0.3 is 12.2 Å². The van der Waals surface area contributed by atoms with Crippen LogP contribution in [0.2, 0.25) is 0 Å². The average Bonchev–Trinajstić information content (AvgIpc) is 3.35. The summed E-state index contributed by atoms with van der Waals surface area (Å²) in [5.74, 6) is 0.780. The third-order valence-electron chi connectivity index (χ3n) is 6.50. The number of aromatic nitrogens is 1.